The van der Waals surface area contributed by atoms with E-state index in [4.69, 9.17) is 11.6 Å². The van der Waals surface area contributed by atoms with Gasteiger partial charge < -0.3 is 4.90 Å². The Morgan fingerprint density at radius 2 is 2.06 bits per heavy atom. The highest BCUT2D eigenvalue weighted by atomic mass is 35.5. The molecule has 1 heterocycles. The number of anilines is 1. The van der Waals surface area contributed by atoms with E-state index in [1.807, 2.05) is 37.3 Å². The van der Waals surface area contributed by atoms with Crippen LogP contribution in [0.3, 0.4) is 0 Å². The lowest BCUT2D eigenvalue weighted by Gasteiger charge is -2.19. The average Bonchev–Trinajstić information content (AvgIpc) is 2.78. The molecule has 1 amide bonds. The average molecular weight is 268 g/mol. The number of carbonyl (C=O) groups is 1. The fourth-order valence-corrected chi connectivity index (χ4v) is 2.24. The molecule has 2 rings (SSSR count). The Hall–Kier alpha value is -1.46. The number of nitrogens with zero attached hydrogens (tertiary/aromatic N) is 3. The molecule has 1 aromatic carbocycles. The van der Waals surface area contributed by atoms with E-state index < -0.39 is 0 Å². The van der Waals surface area contributed by atoms with Crippen molar-refractivity contribution in [3.8, 4) is 0 Å². The molecule has 17 heavy (non-hydrogen) atoms. The Morgan fingerprint density at radius 3 is 2.59 bits per heavy atom. The second-order valence-electron chi connectivity index (χ2n) is 3.25. The van der Waals surface area contributed by atoms with Gasteiger partial charge in [-0.05, 0) is 30.7 Å². The van der Waals surface area contributed by atoms with Crippen LogP contribution in [0.4, 0.5) is 5.69 Å². The maximum absolute atomic E-state index is 12.2. The summed E-state index contributed by atoms with van der Waals surface area (Å²) < 4.78 is 0.275. The second-order valence-corrected chi connectivity index (χ2v) is 4.80. The van der Waals surface area contributed by atoms with E-state index in [9.17, 15) is 4.79 Å². The Labute approximate surface area is 108 Å². The zero-order chi connectivity index (χ0) is 12.3. The lowest BCUT2D eigenvalue weighted by molar-refractivity contribution is 0.0987. The number of para-hydroxylation sites is 1. The maximum Gasteiger partial charge on any atom is 0.289 e. The van der Waals surface area contributed by atoms with E-state index in [1.54, 1.807) is 4.90 Å². The lowest BCUT2D eigenvalue weighted by Crippen LogP contribution is -2.30. The summed E-state index contributed by atoms with van der Waals surface area (Å²) in [5.74, 6) is -0.178. The summed E-state index contributed by atoms with van der Waals surface area (Å²) in [6, 6.07) is 9.44. The van der Waals surface area contributed by atoms with Gasteiger partial charge in [-0.2, -0.15) is 0 Å². The summed E-state index contributed by atoms with van der Waals surface area (Å²) in [5, 5.41) is 7.70. The number of hydrogen-bond acceptors (Lipinski definition) is 4. The Bertz CT molecular complexity index is 514. The first-order chi connectivity index (χ1) is 8.22. The van der Waals surface area contributed by atoms with Crippen molar-refractivity contribution in [1.82, 2.24) is 10.2 Å². The van der Waals surface area contributed by atoms with Gasteiger partial charge in [0.25, 0.3) is 5.91 Å². The van der Waals surface area contributed by atoms with Gasteiger partial charge in [-0.3, -0.25) is 4.79 Å². The van der Waals surface area contributed by atoms with Crippen LogP contribution in [0.15, 0.2) is 30.3 Å². The predicted octanol–water partition coefficient (Wildman–Crippen LogP) is 2.86. The van der Waals surface area contributed by atoms with Crippen molar-refractivity contribution in [3.63, 3.8) is 0 Å². The molecule has 1 aromatic heterocycles. The molecule has 0 aliphatic carbocycles. The topological polar surface area (TPSA) is 46.1 Å². The molecule has 0 spiro atoms. The minimum Gasteiger partial charge on any atom is -0.307 e. The van der Waals surface area contributed by atoms with Crippen molar-refractivity contribution < 1.29 is 4.79 Å². The van der Waals surface area contributed by atoms with Gasteiger partial charge in [0.05, 0.1) is 0 Å². The van der Waals surface area contributed by atoms with E-state index in [0.29, 0.717) is 11.6 Å². The van der Waals surface area contributed by atoms with Crippen molar-refractivity contribution in [1.29, 1.82) is 0 Å². The molecule has 2 aromatic rings. The third kappa shape index (κ3) is 2.62. The van der Waals surface area contributed by atoms with Crippen molar-refractivity contribution in [2.75, 3.05) is 11.4 Å². The van der Waals surface area contributed by atoms with Crippen LogP contribution in [0.1, 0.15) is 16.7 Å². The molecule has 0 unspecified atom stereocenters. The first-order valence-electron chi connectivity index (χ1n) is 5.08. The molecule has 0 saturated carbocycles. The highest BCUT2D eigenvalue weighted by molar-refractivity contribution is 7.17. The lowest BCUT2D eigenvalue weighted by atomic mass is 10.3. The maximum atomic E-state index is 12.2. The van der Waals surface area contributed by atoms with Crippen LogP contribution in [0.25, 0.3) is 0 Å². The fourth-order valence-electron chi connectivity index (χ4n) is 1.46. The van der Waals surface area contributed by atoms with Crippen LogP contribution in [0.5, 0.6) is 0 Å². The fraction of sp³-hybridized carbons (Fsp3) is 0.182. The molecule has 0 aliphatic rings. The zero-order valence-electron chi connectivity index (χ0n) is 9.13. The van der Waals surface area contributed by atoms with Crippen LogP contribution in [0, 0.1) is 0 Å². The number of hydrogen-bond donors (Lipinski definition) is 0. The van der Waals surface area contributed by atoms with Crippen LogP contribution in [0.2, 0.25) is 4.47 Å². The van der Waals surface area contributed by atoms with Crippen LogP contribution in [-0.2, 0) is 0 Å². The standard InChI is InChI=1S/C11H10ClN3OS/c1-2-15(8-6-4-3-5-7-8)10(16)9-13-14-11(12)17-9/h3-7H,2H2,1H3. The monoisotopic (exact) mass is 267 g/mol. The number of carbonyl (C=O) groups excluding carboxylic acids is 1. The largest absolute Gasteiger partial charge is 0.307 e. The van der Waals surface area contributed by atoms with Gasteiger partial charge in [-0.15, -0.1) is 10.2 Å². The Balaban J connectivity index is 2.28. The first-order valence-corrected chi connectivity index (χ1v) is 6.27. The summed E-state index contributed by atoms with van der Waals surface area (Å²) >= 11 is 6.76. The van der Waals surface area contributed by atoms with Gasteiger partial charge in [-0.25, -0.2) is 0 Å². The summed E-state index contributed by atoms with van der Waals surface area (Å²) in [7, 11) is 0. The van der Waals surface area contributed by atoms with E-state index in [2.05, 4.69) is 10.2 Å². The third-order valence-electron chi connectivity index (χ3n) is 2.21. The molecule has 0 bridgehead atoms. The Kier molecular flexibility index (Phi) is 3.71. The van der Waals surface area contributed by atoms with Crippen LogP contribution in [-0.4, -0.2) is 22.6 Å². The van der Waals surface area contributed by atoms with Crippen molar-refractivity contribution in [2.24, 2.45) is 0 Å². The van der Waals surface area contributed by atoms with Gasteiger partial charge in [0.2, 0.25) is 9.47 Å². The number of halogens is 1. The number of benzene rings is 1. The normalized spacial score (nSPS) is 10.2. The van der Waals surface area contributed by atoms with Crippen LogP contribution < -0.4 is 4.90 Å². The first kappa shape index (κ1) is 12.0. The smallest absolute Gasteiger partial charge is 0.289 e. The molecule has 0 fully saturated rings. The minimum absolute atomic E-state index is 0.178. The highest BCUT2D eigenvalue weighted by Crippen LogP contribution is 2.20. The highest BCUT2D eigenvalue weighted by Gasteiger charge is 2.19. The number of rotatable bonds is 3. The van der Waals surface area contributed by atoms with Gasteiger partial charge >= 0.3 is 0 Å². The van der Waals surface area contributed by atoms with Crippen molar-refractivity contribution >= 4 is 34.5 Å². The van der Waals surface area contributed by atoms with Gasteiger partial charge in [0, 0.05) is 12.2 Å². The van der Waals surface area contributed by atoms with E-state index in [-0.39, 0.29) is 10.4 Å². The van der Waals surface area contributed by atoms with E-state index >= 15 is 0 Å². The number of amides is 1. The summed E-state index contributed by atoms with van der Waals surface area (Å²) in [6.45, 7) is 2.48. The predicted molar refractivity (Wildman–Crippen MR) is 68.7 cm³/mol. The molecule has 6 heteroatoms. The molecule has 0 N–H and O–H groups in total. The van der Waals surface area contributed by atoms with E-state index in [0.717, 1.165) is 17.0 Å². The van der Waals surface area contributed by atoms with Gasteiger partial charge in [-0.1, -0.05) is 29.5 Å². The SMILES string of the molecule is CCN(C(=O)c1nnc(Cl)s1)c1ccccc1. The molecule has 88 valence electrons. The minimum atomic E-state index is -0.178. The Morgan fingerprint density at radius 1 is 1.35 bits per heavy atom. The molecule has 0 saturated heterocycles. The van der Waals surface area contributed by atoms with Gasteiger partial charge in [0.15, 0.2) is 0 Å². The second kappa shape index (κ2) is 5.25. The summed E-state index contributed by atoms with van der Waals surface area (Å²) in [4.78, 5) is 13.8. The summed E-state index contributed by atoms with van der Waals surface area (Å²) in [5.41, 5.74) is 0.839. The van der Waals surface area contributed by atoms with Gasteiger partial charge in [0.1, 0.15) is 0 Å². The molecule has 0 radical (unpaired) electrons. The van der Waals surface area contributed by atoms with Crippen molar-refractivity contribution in [3.05, 3.63) is 39.8 Å². The molecule has 0 atom stereocenters. The zero-order valence-corrected chi connectivity index (χ0v) is 10.7. The quantitative estimate of drug-likeness (QED) is 0.859. The number of aromatic nitrogens is 2. The molecular formula is C11H10ClN3OS. The van der Waals surface area contributed by atoms with Crippen molar-refractivity contribution in [2.45, 2.75) is 6.92 Å². The van der Waals surface area contributed by atoms with Crippen LogP contribution >= 0.6 is 22.9 Å². The third-order valence-corrected chi connectivity index (χ3v) is 3.22. The molecule has 4 nitrogen and oxygen atoms in total. The van der Waals surface area contributed by atoms with E-state index in [1.165, 1.54) is 0 Å². The summed E-state index contributed by atoms with van der Waals surface area (Å²) in [6.07, 6.45) is 0. The molecule has 0 aliphatic heterocycles. The molecular weight excluding hydrogens is 258 g/mol.